The van der Waals surface area contributed by atoms with Gasteiger partial charge in [-0.25, -0.2) is 0 Å². The lowest BCUT2D eigenvalue weighted by Gasteiger charge is -2.16. The molecule has 0 aliphatic heterocycles. The van der Waals surface area contributed by atoms with Crippen LogP contribution in [0.15, 0.2) is 48.5 Å². The molecule has 0 aliphatic rings. The maximum absolute atomic E-state index is 12.7. The van der Waals surface area contributed by atoms with Crippen LogP contribution in [0.25, 0.3) is 0 Å². The van der Waals surface area contributed by atoms with E-state index in [9.17, 15) is 14.4 Å². The van der Waals surface area contributed by atoms with Gasteiger partial charge < -0.3 is 20.5 Å². The van der Waals surface area contributed by atoms with Crippen LogP contribution in [0.5, 0.6) is 5.75 Å². The summed E-state index contributed by atoms with van der Waals surface area (Å²) >= 11 is 0. The first kappa shape index (κ1) is 21.0. The summed E-state index contributed by atoms with van der Waals surface area (Å²) in [5.74, 6) is -1.33. The fourth-order valence-corrected chi connectivity index (χ4v) is 2.68. The Labute approximate surface area is 163 Å². The van der Waals surface area contributed by atoms with Crippen molar-refractivity contribution in [3.05, 3.63) is 59.7 Å². The van der Waals surface area contributed by atoms with Gasteiger partial charge in [0, 0.05) is 11.3 Å². The molecule has 0 aliphatic carbocycles. The number of carbonyl (C=O) groups excluding carboxylic acids is 2. The molecule has 0 saturated heterocycles. The number of ether oxygens (including phenoxy) is 1. The number of anilines is 1. The molecule has 3 N–H and O–H groups in total. The maximum Gasteiger partial charge on any atom is 0.325 e. The highest BCUT2D eigenvalue weighted by atomic mass is 16.5. The lowest BCUT2D eigenvalue weighted by Crippen LogP contribution is -2.38. The Morgan fingerprint density at radius 2 is 1.64 bits per heavy atom. The van der Waals surface area contributed by atoms with Gasteiger partial charge in [0.2, 0.25) is 5.91 Å². The average Bonchev–Trinajstić information content (AvgIpc) is 2.69. The van der Waals surface area contributed by atoms with Crippen LogP contribution in [-0.2, 0) is 9.59 Å². The summed E-state index contributed by atoms with van der Waals surface area (Å²) in [5.41, 5.74) is 1.76. The predicted octanol–water partition coefficient (Wildman–Crippen LogP) is 3.03. The Morgan fingerprint density at radius 1 is 1.04 bits per heavy atom. The normalized spacial score (nSPS) is 12.5. The monoisotopic (exact) mass is 384 g/mol. The molecule has 0 saturated carbocycles. The van der Waals surface area contributed by atoms with Gasteiger partial charge in [0.05, 0.1) is 13.0 Å². The first-order valence-corrected chi connectivity index (χ1v) is 8.94. The number of hydrogen-bond acceptors (Lipinski definition) is 4. The minimum atomic E-state index is -1.11. The summed E-state index contributed by atoms with van der Waals surface area (Å²) in [4.78, 5) is 35.5. The number of carboxylic acid groups (broad SMARTS) is 1. The van der Waals surface area contributed by atoms with Gasteiger partial charge in [-0.2, -0.15) is 0 Å². The molecule has 0 radical (unpaired) electrons. The van der Waals surface area contributed by atoms with Crippen molar-refractivity contribution in [1.29, 1.82) is 0 Å². The maximum atomic E-state index is 12.7. The minimum absolute atomic E-state index is 0.149. The Morgan fingerprint density at radius 3 is 2.14 bits per heavy atom. The highest BCUT2D eigenvalue weighted by Gasteiger charge is 2.19. The third-order valence-corrected chi connectivity index (χ3v) is 4.38. The predicted molar refractivity (Wildman–Crippen MR) is 106 cm³/mol. The SMILES string of the molecule is CCC(C(=O)Nc1ccc(C(=O)NC(C)C(=O)O)cc1)c1ccc(OC)cc1. The number of hydrogen-bond donors (Lipinski definition) is 3. The molecule has 0 aromatic heterocycles. The second-order valence-electron chi connectivity index (χ2n) is 6.33. The fraction of sp³-hybridized carbons (Fsp3) is 0.286. The molecule has 7 nitrogen and oxygen atoms in total. The fourth-order valence-electron chi connectivity index (χ4n) is 2.68. The van der Waals surface area contributed by atoms with Crippen LogP contribution in [0.4, 0.5) is 5.69 Å². The van der Waals surface area contributed by atoms with Crippen molar-refractivity contribution in [2.45, 2.75) is 32.2 Å². The summed E-state index contributed by atoms with van der Waals surface area (Å²) < 4.78 is 5.14. The van der Waals surface area contributed by atoms with Gasteiger partial charge in [-0.05, 0) is 55.3 Å². The van der Waals surface area contributed by atoms with E-state index in [1.165, 1.54) is 19.1 Å². The van der Waals surface area contributed by atoms with Crippen molar-refractivity contribution in [1.82, 2.24) is 5.32 Å². The van der Waals surface area contributed by atoms with Gasteiger partial charge in [0.25, 0.3) is 5.91 Å². The van der Waals surface area contributed by atoms with E-state index in [1.807, 2.05) is 31.2 Å². The van der Waals surface area contributed by atoms with Crippen LogP contribution >= 0.6 is 0 Å². The number of amides is 2. The van der Waals surface area contributed by atoms with E-state index < -0.39 is 17.9 Å². The summed E-state index contributed by atoms with van der Waals surface area (Å²) in [6, 6.07) is 12.7. The molecule has 2 rings (SSSR count). The number of carboxylic acids is 1. The lowest BCUT2D eigenvalue weighted by atomic mass is 9.95. The standard InChI is InChI=1S/C21H24N2O5/c1-4-18(14-7-11-17(28-3)12-8-14)20(25)23-16-9-5-15(6-10-16)19(24)22-13(2)21(26)27/h5-13,18H,4H2,1-3H3,(H,22,24)(H,23,25)(H,26,27). The zero-order chi connectivity index (χ0) is 20.7. The molecule has 0 fully saturated rings. The number of carbonyl (C=O) groups is 3. The second-order valence-corrected chi connectivity index (χ2v) is 6.33. The number of benzene rings is 2. The Bertz CT molecular complexity index is 831. The van der Waals surface area contributed by atoms with Crippen molar-refractivity contribution in [2.75, 3.05) is 12.4 Å². The number of nitrogens with one attached hydrogen (secondary N) is 2. The van der Waals surface area contributed by atoms with Crippen LogP contribution in [0.2, 0.25) is 0 Å². The van der Waals surface area contributed by atoms with Gasteiger partial charge in [-0.3, -0.25) is 14.4 Å². The third-order valence-electron chi connectivity index (χ3n) is 4.38. The highest BCUT2D eigenvalue weighted by Crippen LogP contribution is 2.24. The van der Waals surface area contributed by atoms with Crippen molar-refractivity contribution >= 4 is 23.5 Å². The highest BCUT2D eigenvalue weighted by molar-refractivity contribution is 5.98. The first-order valence-electron chi connectivity index (χ1n) is 8.94. The lowest BCUT2D eigenvalue weighted by molar-refractivity contribution is -0.138. The smallest absolute Gasteiger partial charge is 0.325 e. The van der Waals surface area contributed by atoms with E-state index in [2.05, 4.69) is 10.6 Å². The summed E-state index contributed by atoms with van der Waals surface area (Å²) in [6.45, 7) is 3.32. The molecular weight excluding hydrogens is 360 g/mol. The zero-order valence-electron chi connectivity index (χ0n) is 16.1. The number of aliphatic carboxylic acids is 1. The topological polar surface area (TPSA) is 105 Å². The molecule has 2 atom stereocenters. The molecule has 2 aromatic carbocycles. The van der Waals surface area contributed by atoms with Gasteiger partial charge in [-0.15, -0.1) is 0 Å². The van der Waals surface area contributed by atoms with Crippen molar-refractivity contribution in [3.63, 3.8) is 0 Å². The quantitative estimate of drug-likeness (QED) is 0.649. The largest absolute Gasteiger partial charge is 0.497 e. The molecule has 2 amide bonds. The summed E-state index contributed by atoms with van der Waals surface area (Å²) in [5, 5.41) is 14.1. The Hall–Kier alpha value is -3.35. The van der Waals surface area contributed by atoms with E-state index in [-0.39, 0.29) is 11.8 Å². The molecule has 0 bridgehead atoms. The second kappa shape index (κ2) is 9.55. The summed E-state index contributed by atoms with van der Waals surface area (Å²) in [7, 11) is 1.59. The van der Waals surface area contributed by atoms with Crippen LogP contribution in [0.1, 0.15) is 42.1 Å². The summed E-state index contributed by atoms with van der Waals surface area (Å²) in [6.07, 6.45) is 0.631. The third kappa shape index (κ3) is 5.33. The Kier molecular flexibility index (Phi) is 7.14. The van der Waals surface area contributed by atoms with Crippen LogP contribution in [-0.4, -0.2) is 36.0 Å². The minimum Gasteiger partial charge on any atom is -0.497 e. The molecule has 28 heavy (non-hydrogen) atoms. The van der Waals surface area contributed by atoms with Crippen LogP contribution in [0, 0.1) is 0 Å². The molecule has 2 unspecified atom stereocenters. The van der Waals surface area contributed by atoms with E-state index in [0.29, 0.717) is 17.7 Å². The van der Waals surface area contributed by atoms with Crippen LogP contribution in [0.3, 0.4) is 0 Å². The van der Waals surface area contributed by atoms with Crippen molar-refractivity contribution < 1.29 is 24.2 Å². The molecular formula is C21H24N2O5. The van der Waals surface area contributed by atoms with Crippen molar-refractivity contribution in [2.24, 2.45) is 0 Å². The molecule has 7 heteroatoms. The van der Waals surface area contributed by atoms with E-state index >= 15 is 0 Å². The van der Waals surface area contributed by atoms with E-state index in [1.54, 1.807) is 19.2 Å². The van der Waals surface area contributed by atoms with Crippen molar-refractivity contribution in [3.8, 4) is 5.75 Å². The molecule has 148 valence electrons. The molecule has 2 aromatic rings. The molecule has 0 spiro atoms. The van der Waals surface area contributed by atoms with E-state index in [4.69, 9.17) is 9.84 Å². The van der Waals surface area contributed by atoms with Gasteiger partial charge >= 0.3 is 5.97 Å². The first-order chi connectivity index (χ1) is 13.3. The average molecular weight is 384 g/mol. The Balaban J connectivity index is 2.04. The zero-order valence-corrected chi connectivity index (χ0v) is 16.1. The number of methoxy groups -OCH3 is 1. The molecule has 0 heterocycles. The van der Waals surface area contributed by atoms with Gasteiger partial charge in [-0.1, -0.05) is 19.1 Å². The van der Waals surface area contributed by atoms with Gasteiger partial charge in [0.15, 0.2) is 0 Å². The van der Waals surface area contributed by atoms with Gasteiger partial charge in [0.1, 0.15) is 11.8 Å². The number of rotatable bonds is 8. The van der Waals surface area contributed by atoms with E-state index in [0.717, 1.165) is 11.3 Å². The van der Waals surface area contributed by atoms with Crippen LogP contribution < -0.4 is 15.4 Å².